The molecule has 3 rings (SSSR count). The Labute approximate surface area is 171 Å². The normalized spacial score (nSPS) is 13.7. The van der Waals surface area contributed by atoms with E-state index in [4.69, 9.17) is 9.47 Å². The summed E-state index contributed by atoms with van der Waals surface area (Å²) in [5, 5.41) is 0. The Bertz CT molecular complexity index is 1010. The maximum atomic E-state index is 12.9. The number of aryl methyl sites for hydroxylation is 3. The maximum absolute atomic E-state index is 12.9. The van der Waals surface area contributed by atoms with Crippen LogP contribution in [0.25, 0.3) is 0 Å². The summed E-state index contributed by atoms with van der Waals surface area (Å²) < 4.78 is 38.8. The van der Waals surface area contributed by atoms with Crippen LogP contribution in [0.15, 0.2) is 35.2 Å². The molecule has 0 aliphatic carbocycles. The SMILES string of the molecule is COCC(=O)N1CCCc2ccc(NS(=O)(=O)c3cc(C)c(OC)c(C)c3)cc21. The minimum absolute atomic E-state index is 0.0141. The molecule has 29 heavy (non-hydrogen) atoms. The topological polar surface area (TPSA) is 84.9 Å². The van der Waals surface area contributed by atoms with E-state index in [2.05, 4.69) is 4.72 Å². The highest BCUT2D eigenvalue weighted by molar-refractivity contribution is 7.92. The Kier molecular flexibility index (Phi) is 6.14. The Morgan fingerprint density at radius 1 is 1.14 bits per heavy atom. The molecule has 0 saturated heterocycles. The lowest BCUT2D eigenvalue weighted by atomic mass is 10.0. The van der Waals surface area contributed by atoms with Crippen LogP contribution >= 0.6 is 0 Å². The van der Waals surface area contributed by atoms with Crippen LogP contribution in [0.4, 0.5) is 11.4 Å². The summed E-state index contributed by atoms with van der Waals surface area (Å²) in [6.07, 6.45) is 1.70. The lowest BCUT2D eigenvalue weighted by molar-refractivity contribution is -0.122. The Hall–Kier alpha value is -2.58. The Balaban J connectivity index is 1.93. The molecule has 0 spiro atoms. The largest absolute Gasteiger partial charge is 0.496 e. The standard InChI is InChI=1S/C21H26N2O5S/c1-14-10-18(11-15(2)21(14)28-4)29(25,26)22-17-8-7-16-6-5-9-23(19(16)12-17)20(24)13-27-3/h7-8,10-12,22H,5-6,9,13H2,1-4H3. The third kappa shape index (κ3) is 4.38. The van der Waals surface area contributed by atoms with E-state index in [-0.39, 0.29) is 17.4 Å². The molecule has 156 valence electrons. The van der Waals surface area contributed by atoms with E-state index in [1.54, 1.807) is 36.3 Å². The Morgan fingerprint density at radius 3 is 2.45 bits per heavy atom. The molecule has 0 radical (unpaired) electrons. The van der Waals surface area contributed by atoms with Gasteiger partial charge in [0.05, 0.1) is 17.7 Å². The monoisotopic (exact) mass is 418 g/mol. The van der Waals surface area contributed by atoms with Crippen molar-refractivity contribution in [2.75, 3.05) is 37.0 Å². The molecule has 1 amide bonds. The smallest absolute Gasteiger partial charge is 0.261 e. The molecule has 1 aliphatic heterocycles. The summed E-state index contributed by atoms with van der Waals surface area (Å²) in [7, 11) is -0.752. The van der Waals surface area contributed by atoms with Crippen LogP contribution < -0.4 is 14.4 Å². The van der Waals surface area contributed by atoms with Crippen LogP contribution in [-0.2, 0) is 26.0 Å². The van der Waals surface area contributed by atoms with Gasteiger partial charge >= 0.3 is 0 Å². The minimum atomic E-state index is -3.79. The molecule has 0 bridgehead atoms. The van der Waals surface area contributed by atoms with Gasteiger partial charge in [-0.3, -0.25) is 9.52 Å². The quantitative estimate of drug-likeness (QED) is 0.779. The van der Waals surface area contributed by atoms with Gasteiger partial charge in [-0.25, -0.2) is 8.42 Å². The van der Waals surface area contributed by atoms with Gasteiger partial charge in [0.15, 0.2) is 0 Å². The van der Waals surface area contributed by atoms with Gasteiger partial charge in [0.1, 0.15) is 12.4 Å². The van der Waals surface area contributed by atoms with Gasteiger partial charge in [-0.05, 0) is 67.6 Å². The zero-order valence-electron chi connectivity index (χ0n) is 17.1. The van der Waals surface area contributed by atoms with Crippen LogP contribution in [0.3, 0.4) is 0 Å². The highest BCUT2D eigenvalue weighted by Crippen LogP contribution is 2.32. The first-order valence-electron chi connectivity index (χ1n) is 9.37. The number of anilines is 2. The number of rotatable bonds is 6. The van der Waals surface area contributed by atoms with Crippen molar-refractivity contribution in [3.8, 4) is 5.75 Å². The van der Waals surface area contributed by atoms with E-state index >= 15 is 0 Å². The molecule has 1 aliphatic rings. The molecular formula is C21H26N2O5S. The molecule has 0 unspecified atom stereocenters. The van der Waals surface area contributed by atoms with Crippen LogP contribution in [0.1, 0.15) is 23.1 Å². The fourth-order valence-electron chi connectivity index (χ4n) is 3.70. The Morgan fingerprint density at radius 2 is 1.83 bits per heavy atom. The number of ether oxygens (including phenoxy) is 2. The van der Waals surface area contributed by atoms with Gasteiger partial charge in [-0.2, -0.15) is 0 Å². The average Bonchev–Trinajstić information content (AvgIpc) is 2.67. The first-order chi connectivity index (χ1) is 13.8. The van der Waals surface area contributed by atoms with Crippen molar-refractivity contribution in [1.82, 2.24) is 0 Å². The highest BCUT2D eigenvalue weighted by Gasteiger charge is 2.24. The third-order valence-corrected chi connectivity index (χ3v) is 6.33. The molecule has 0 atom stereocenters. The number of carbonyl (C=O) groups is 1. The number of carbonyl (C=O) groups excluding carboxylic acids is 1. The van der Waals surface area contributed by atoms with Crippen LogP contribution in [0.5, 0.6) is 5.75 Å². The molecule has 1 heterocycles. The van der Waals surface area contributed by atoms with E-state index in [1.807, 2.05) is 19.9 Å². The summed E-state index contributed by atoms with van der Waals surface area (Å²) in [6, 6.07) is 8.47. The van der Waals surface area contributed by atoms with Crippen molar-refractivity contribution in [3.05, 3.63) is 47.0 Å². The lowest BCUT2D eigenvalue weighted by Gasteiger charge is -2.30. The van der Waals surface area contributed by atoms with Crippen molar-refractivity contribution >= 4 is 27.3 Å². The van der Waals surface area contributed by atoms with Crippen LogP contribution in [0.2, 0.25) is 0 Å². The summed E-state index contributed by atoms with van der Waals surface area (Å²) in [5.41, 5.74) is 3.64. The number of hydrogen-bond donors (Lipinski definition) is 1. The minimum Gasteiger partial charge on any atom is -0.496 e. The first-order valence-corrected chi connectivity index (χ1v) is 10.9. The maximum Gasteiger partial charge on any atom is 0.261 e. The second-order valence-electron chi connectivity index (χ2n) is 7.12. The fourth-order valence-corrected chi connectivity index (χ4v) is 4.92. The van der Waals surface area contributed by atoms with E-state index < -0.39 is 10.0 Å². The number of benzene rings is 2. The highest BCUT2D eigenvalue weighted by atomic mass is 32.2. The second kappa shape index (κ2) is 8.42. The number of fused-ring (bicyclic) bond motifs is 1. The third-order valence-electron chi connectivity index (χ3n) is 4.97. The number of nitrogens with zero attached hydrogens (tertiary/aromatic N) is 1. The second-order valence-corrected chi connectivity index (χ2v) is 8.80. The van der Waals surface area contributed by atoms with Crippen LogP contribution in [0, 0.1) is 13.8 Å². The first kappa shape index (κ1) is 21.1. The molecule has 0 fully saturated rings. The van der Waals surface area contributed by atoms with Gasteiger partial charge in [0.2, 0.25) is 0 Å². The average molecular weight is 419 g/mol. The summed E-state index contributed by atoms with van der Waals surface area (Å²) in [6.45, 7) is 4.19. The van der Waals surface area contributed by atoms with Gasteiger partial charge < -0.3 is 14.4 Å². The van der Waals surface area contributed by atoms with Crippen molar-refractivity contribution in [2.24, 2.45) is 0 Å². The number of sulfonamides is 1. The number of amides is 1. The molecule has 2 aromatic rings. The van der Waals surface area contributed by atoms with Crippen molar-refractivity contribution in [1.29, 1.82) is 0 Å². The van der Waals surface area contributed by atoms with Crippen molar-refractivity contribution < 1.29 is 22.7 Å². The van der Waals surface area contributed by atoms with Gasteiger partial charge in [-0.15, -0.1) is 0 Å². The van der Waals surface area contributed by atoms with Crippen LogP contribution in [-0.4, -0.2) is 41.7 Å². The molecule has 0 saturated carbocycles. The predicted molar refractivity (Wildman–Crippen MR) is 112 cm³/mol. The fraction of sp³-hybridized carbons (Fsp3) is 0.381. The van der Waals surface area contributed by atoms with Gasteiger partial charge in [0, 0.05) is 19.3 Å². The van der Waals surface area contributed by atoms with E-state index in [9.17, 15) is 13.2 Å². The number of methoxy groups -OCH3 is 2. The molecule has 0 aromatic heterocycles. The van der Waals surface area contributed by atoms with E-state index in [0.29, 0.717) is 18.0 Å². The van der Waals surface area contributed by atoms with E-state index in [1.165, 1.54) is 7.11 Å². The van der Waals surface area contributed by atoms with Crippen molar-refractivity contribution in [2.45, 2.75) is 31.6 Å². The summed E-state index contributed by atoms with van der Waals surface area (Å²) in [4.78, 5) is 14.2. The molecular weight excluding hydrogens is 392 g/mol. The zero-order chi connectivity index (χ0) is 21.2. The zero-order valence-corrected chi connectivity index (χ0v) is 17.9. The number of hydrogen-bond acceptors (Lipinski definition) is 5. The predicted octanol–water partition coefficient (Wildman–Crippen LogP) is 3.04. The summed E-state index contributed by atoms with van der Waals surface area (Å²) >= 11 is 0. The molecule has 7 nitrogen and oxygen atoms in total. The molecule has 1 N–H and O–H groups in total. The van der Waals surface area contributed by atoms with Gasteiger partial charge in [0.25, 0.3) is 15.9 Å². The summed E-state index contributed by atoms with van der Waals surface area (Å²) in [5.74, 6) is 0.528. The number of nitrogens with one attached hydrogen (secondary N) is 1. The van der Waals surface area contributed by atoms with Gasteiger partial charge in [-0.1, -0.05) is 6.07 Å². The molecule has 2 aromatic carbocycles. The molecule has 8 heteroatoms. The van der Waals surface area contributed by atoms with E-state index in [0.717, 1.165) is 35.2 Å². The lowest BCUT2D eigenvalue weighted by Crippen LogP contribution is -2.37. The van der Waals surface area contributed by atoms with Crippen molar-refractivity contribution in [3.63, 3.8) is 0 Å².